The molecule has 1 N–H and O–H groups in total. The first-order valence-corrected chi connectivity index (χ1v) is 8.98. The van der Waals surface area contributed by atoms with E-state index in [2.05, 4.69) is 0 Å². The molecule has 3 rings (SSSR count). The van der Waals surface area contributed by atoms with Gasteiger partial charge in [-0.3, -0.25) is 14.7 Å². The van der Waals surface area contributed by atoms with Crippen molar-refractivity contribution in [2.24, 2.45) is 0 Å². The maximum absolute atomic E-state index is 11.6. The average molecular weight is 380 g/mol. The molecule has 1 fully saturated rings. The number of nitro benzene ring substituents is 1. The van der Waals surface area contributed by atoms with Crippen LogP contribution in [0.1, 0.15) is 23.5 Å². The minimum Gasteiger partial charge on any atom is -0.336 e. The van der Waals surface area contributed by atoms with Crippen molar-refractivity contribution < 1.29 is 27.4 Å². The second-order valence-corrected chi connectivity index (χ2v) is 7.11. The standard InChI is InChI=1S/C16H16N2O7S/c1-17(26(21,22)23)15-14(12-9-5-6-10-13(12)18(19)20)24-16(25-15)11-7-3-2-4-8-11/h2-10,14-16H,1H3,(H,21,22,23). The highest BCUT2D eigenvalue weighted by Crippen LogP contribution is 2.43. The molecule has 0 aliphatic carbocycles. The highest BCUT2D eigenvalue weighted by molar-refractivity contribution is 7.83. The van der Waals surface area contributed by atoms with Crippen molar-refractivity contribution in [2.75, 3.05) is 7.05 Å². The molecule has 3 atom stereocenters. The van der Waals surface area contributed by atoms with Gasteiger partial charge in [0.15, 0.2) is 12.5 Å². The molecule has 138 valence electrons. The fourth-order valence-corrected chi connectivity index (χ4v) is 3.15. The fraction of sp³-hybridized carbons (Fsp3) is 0.250. The second-order valence-electron chi connectivity index (χ2n) is 5.64. The van der Waals surface area contributed by atoms with Gasteiger partial charge in [0.2, 0.25) is 0 Å². The zero-order valence-electron chi connectivity index (χ0n) is 13.6. The van der Waals surface area contributed by atoms with E-state index in [0.717, 1.165) is 7.05 Å². The third-order valence-corrected chi connectivity index (χ3v) is 4.96. The first-order chi connectivity index (χ1) is 12.3. The van der Waals surface area contributed by atoms with Gasteiger partial charge in [-0.2, -0.15) is 12.7 Å². The molecule has 0 saturated carbocycles. The number of hydrogen-bond acceptors (Lipinski definition) is 6. The van der Waals surface area contributed by atoms with Crippen molar-refractivity contribution in [3.05, 3.63) is 75.8 Å². The monoisotopic (exact) mass is 380 g/mol. The van der Waals surface area contributed by atoms with E-state index in [1.165, 1.54) is 18.2 Å². The molecule has 26 heavy (non-hydrogen) atoms. The van der Waals surface area contributed by atoms with Gasteiger partial charge in [0, 0.05) is 18.7 Å². The van der Waals surface area contributed by atoms with Gasteiger partial charge < -0.3 is 9.47 Å². The summed E-state index contributed by atoms with van der Waals surface area (Å²) in [6.45, 7) is 0. The number of para-hydroxylation sites is 1. The Morgan fingerprint density at radius 2 is 1.69 bits per heavy atom. The van der Waals surface area contributed by atoms with Gasteiger partial charge >= 0.3 is 10.3 Å². The van der Waals surface area contributed by atoms with E-state index in [-0.39, 0.29) is 11.3 Å². The molecule has 2 aromatic rings. The zero-order chi connectivity index (χ0) is 18.9. The molecule has 1 aliphatic heterocycles. The number of likely N-dealkylation sites (N-methyl/N-ethyl adjacent to an activating group) is 1. The van der Waals surface area contributed by atoms with E-state index < -0.39 is 33.8 Å². The van der Waals surface area contributed by atoms with Crippen molar-refractivity contribution in [3.63, 3.8) is 0 Å². The lowest BCUT2D eigenvalue weighted by Crippen LogP contribution is -2.39. The minimum atomic E-state index is -4.61. The van der Waals surface area contributed by atoms with E-state index in [9.17, 15) is 23.1 Å². The molecule has 3 unspecified atom stereocenters. The minimum absolute atomic E-state index is 0.149. The summed E-state index contributed by atoms with van der Waals surface area (Å²) in [5, 5.41) is 11.3. The molecule has 1 saturated heterocycles. The summed E-state index contributed by atoms with van der Waals surface area (Å²) < 4.78 is 44.6. The van der Waals surface area contributed by atoms with E-state index in [1.807, 2.05) is 0 Å². The zero-order valence-corrected chi connectivity index (χ0v) is 14.4. The topological polar surface area (TPSA) is 119 Å². The first kappa shape index (κ1) is 18.4. The molecule has 1 heterocycles. The van der Waals surface area contributed by atoms with Gasteiger partial charge in [0.1, 0.15) is 6.10 Å². The van der Waals surface area contributed by atoms with Crippen LogP contribution in [0.4, 0.5) is 5.69 Å². The van der Waals surface area contributed by atoms with Crippen LogP contribution in [-0.2, 0) is 19.8 Å². The van der Waals surface area contributed by atoms with Gasteiger partial charge in [-0.25, -0.2) is 0 Å². The van der Waals surface area contributed by atoms with Crippen molar-refractivity contribution in [1.29, 1.82) is 0 Å². The molecular formula is C16H16N2O7S. The Balaban J connectivity index is 2.04. The lowest BCUT2D eigenvalue weighted by Gasteiger charge is -2.23. The predicted molar refractivity (Wildman–Crippen MR) is 90.3 cm³/mol. The molecule has 0 aromatic heterocycles. The normalized spacial score (nSPS) is 23.3. The summed E-state index contributed by atoms with van der Waals surface area (Å²) in [4.78, 5) is 10.7. The molecule has 9 nitrogen and oxygen atoms in total. The number of nitro groups is 1. The van der Waals surface area contributed by atoms with Gasteiger partial charge in [-0.1, -0.05) is 42.5 Å². The summed E-state index contributed by atoms with van der Waals surface area (Å²) >= 11 is 0. The van der Waals surface area contributed by atoms with Crippen LogP contribution in [0, 0.1) is 10.1 Å². The first-order valence-electron chi connectivity index (χ1n) is 7.58. The summed E-state index contributed by atoms with van der Waals surface area (Å²) in [5.41, 5.74) is 0.530. The van der Waals surface area contributed by atoms with Gasteiger partial charge in [-0.05, 0) is 6.07 Å². The fourth-order valence-electron chi connectivity index (χ4n) is 2.73. The van der Waals surface area contributed by atoms with Crippen LogP contribution in [0.5, 0.6) is 0 Å². The molecule has 1 aliphatic rings. The van der Waals surface area contributed by atoms with Crippen molar-refractivity contribution in [1.82, 2.24) is 4.31 Å². The van der Waals surface area contributed by atoms with Crippen LogP contribution in [0.2, 0.25) is 0 Å². The Labute approximate surface area is 149 Å². The molecule has 2 aromatic carbocycles. The SMILES string of the molecule is CN(C1OC(c2ccccc2)OC1c1ccccc1[N+](=O)[O-])S(=O)(=O)O. The summed E-state index contributed by atoms with van der Waals surface area (Å²) in [6, 6.07) is 14.6. The van der Waals surface area contributed by atoms with Crippen LogP contribution >= 0.6 is 0 Å². The predicted octanol–water partition coefficient (Wildman–Crippen LogP) is 2.44. The van der Waals surface area contributed by atoms with Crippen LogP contribution < -0.4 is 0 Å². The van der Waals surface area contributed by atoms with E-state index in [1.54, 1.807) is 36.4 Å². The van der Waals surface area contributed by atoms with Gasteiger partial charge in [0.25, 0.3) is 5.69 Å². The van der Waals surface area contributed by atoms with E-state index in [0.29, 0.717) is 9.87 Å². The Hall–Kier alpha value is -2.37. The molecule has 0 amide bonds. The molecular weight excluding hydrogens is 364 g/mol. The lowest BCUT2D eigenvalue weighted by atomic mass is 10.1. The number of hydrogen-bond donors (Lipinski definition) is 1. The van der Waals surface area contributed by atoms with E-state index in [4.69, 9.17) is 9.47 Å². The van der Waals surface area contributed by atoms with Crippen LogP contribution in [0.25, 0.3) is 0 Å². The number of rotatable bonds is 5. The lowest BCUT2D eigenvalue weighted by molar-refractivity contribution is -0.386. The van der Waals surface area contributed by atoms with Crippen molar-refractivity contribution >= 4 is 16.0 Å². The average Bonchev–Trinajstić information content (AvgIpc) is 3.06. The van der Waals surface area contributed by atoms with Crippen molar-refractivity contribution in [2.45, 2.75) is 18.6 Å². The Morgan fingerprint density at radius 1 is 1.08 bits per heavy atom. The highest BCUT2D eigenvalue weighted by Gasteiger charge is 2.45. The van der Waals surface area contributed by atoms with Gasteiger partial charge in [0.05, 0.1) is 10.5 Å². The Morgan fingerprint density at radius 3 is 2.31 bits per heavy atom. The number of nitrogens with zero attached hydrogens (tertiary/aromatic N) is 2. The quantitative estimate of drug-likeness (QED) is 0.480. The molecule has 0 bridgehead atoms. The largest absolute Gasteiger partial charge is 0.337 e. The third-order valence-electron chi connectivity index (χ3n) is 4.03. The molecule has 0 radical (unpaired) electrons. The number of ether oxygens (including phenoxy) is 2. The summed E-state index contributed by atoms with van der Waals surface area (Å²) in [6.07, 6.45) is -3.33. The summed E-state index contributed by atoms with van der Waals surface area (Å²) in [7, 11) is -3.50. The van der Waals surface area contributed by atoms with Crippen LogP contribution in [0.3, 0.4) is 0 Å². The molecule has 10 heteroatoms. The maximum Gasteiger partial charge on any atom is 0.337 e. The van der Waals surface area contributed by atoms with Crippen LogP contribution in [-0.4, -0.2) is 35.5 Å². The van der Waals surface area contributed by atoms with E-state index >= 15 is 0 Å². The number of benzene rings is 2. The summed E-state index contributed by atoms with van der Waals surface area (Å²) in [5.74, 6) is 0. The Kier molecular flexibility index (Phi) is 5.03. The van der Waals surface area contributed by atoms with Crippen molar-refractivity contribution in [3.8, 4) is 0 Å². The third kappa shape index (κ3) is 3.59. The van der Waals surface area contributed by atoms with Gasteiger partial charge in [-0.15, -0.1) is 0 Å². The highest BCUT2D eigenvalue weighted by atomic mass is 32.2. The Bertz CT molecular complexity index is 904. The molecule has 0 spiro atoms. The smallest absolute Gasteiger partial charge is 0.336 e. The second kappa shape index (κ2) is 7.09. The van der Waals surface area contributed by atoms with Crippen LogP contribution in [0.15, 0.2) is 54.6 Å². The maximum atomic E-state index is 11.6.